The van der Waals surface area contributed by atoms with Crippen molar-refractivity contribution in [3.05, 3.63) is 40.3 Å². The van der Waals surface area contributed by atoms with Gasteiger partial charge >= 0.3 is 0 Å². The van der Waals surface area contributed by atoms with Gasteiger partial charge in [-0.1, -0.05) is 11.8 Å². The largest absolute Gasteiger partial charge is 0.372 e. The first-order valence-corrected chi connectivity index (χ1v) is 9.87. The van der Waals surface area contributed by atoms with Gasteiger partial charge in [0.15, 0.2) is 0 Å². The number of nitrogens with two attached hydrogens (primary N) is 1. The minimum atomic E-state index is -0.488. The number of amides is 1. The lowest BCUT2D eigenvalue weighted by Gasteiger charge is -2.28. The van der Waals surface area contributed by atoms with Crippen molar-refractivity contribution < 1.29 is 4.79 Å². The molecule has 1 aliphatic rings. The number of rotatable bonds is 5. The number of carbonyl (C=O) groups excluding carboxylic acids is 1. The Bertz CT molecular complexity index is 861. The summed E-state index contributed by atoms with van der Waals surface area (Å²) in [6.07, 6.45) is 3.74. The van der Waals surface area contributed by atoms with Crippen molar-refractivity contribution in [2.45, 2.75) is 43.5 Å². The quantitative estimate of drug-likeness (QED) is 0.594. The molecule has 27 heavy (non-hydrogen) atoms. The maximum atomic E-state index is 12.4. The maximum Gasteiger partial charge on any atom is 0.294 e. The summed E-state index contributed by atoms with van der Waals surface area (Å²) < 4.78 is 0.921. The number of benzene rings is 1. The second-order valence-corrected chi connectivity index (χ2v) is 7.90. The van der Waals surface area contributed by atoms with E-state index in [0.29, 0.717) is 0 Å². The standard InChI is InChI=1S/C18H24N6O2S/c1-12-17(26)24(19)18(22-21-12)27-13(2)16(25)20-14-6-8-15(9-7-14)23-10-4-3-5-11-23/h6-9,13H,3-5,10-11,19H2,1-2H3,(H,20,25)/t13-/m1/s1. The molecule has 3 N–H and O–H groups in total. The topological polar surface area (TPSA) is 106 Å². The van der Waals surface area contributed by atoms with E-state index in [0.717, 1.165) is 35.2 Å². The van der Waals surface area contributed by atoms with Crippen molar-refractivity contribution in [1.29, 1.82) is 0 Å². The molecular formula is C18H24N6O2S. The van der Waals surface area contributed by atoms with Gasteiger partial charge in [-0.15, -0.1) is 10.2 Å². The van der Waals surface area contributed by atoms with Gasteiger partial charge in [0.25, 0.3) is 5.56 Å². The summed E-state index contributed by atoms with van der Waals surface area (Å²) in [6.45, 7) is 5.43. The number of hydrogen-bond donors (Lipinski definition) is 2. The van der Waals surface area contributed by atoms with Gasteiger partial charge in [-0.2, -0.15) is 4.68 Å². The normalized spacial score (nSPS) is 15.4. The first kappa shape index (κ1) is 19.2. The van der Waals surface area contributed by atoms with E-state index >= 15 is 0 Å². The Kier molecular flexibility index (Phi) is 6.00. The lowest BCUT2D eigenvalue weighted by molar-refractivity contribution is -0.115. The number of piperidine rings is 1. The first-order chi connectivity index (χ1) is 13.0. The zero-order chi connectivity index (χ0) is 19.4. The van der Waals surface area contributed by atoms with E-state index in [2.05, 4.69) is 20.4 Å². The van der Waals surface area contributed by atoms with Gasteiger partial charge in [0.2, 0.25) is 11.1 Å². The Labute approximate surface area is 162 Å². The van der Waals surface area contributed by atoms with Gasteiger partial charge in [-0.25, -0.2) is 0 Å². The fourth-order valence-corrected chi connectivity index (χ4v) is 3.68. The van der Waals surface area contributed by atoms with Crippen LogP contribution in [0, 0.1) is 6.92 Å². The number of aromatic nitrogens is 3. The monoisotopic (exact) mass is 388 g/mol. The smallest absolute Gasteiger partial charge is 0.294 e. The molecule has 0 bridgehead atoms. The molecule has 0 spiro atoms. The number of anilines is 2. The SMILES string of the molecule is Cc1nnc(S[C@H](C)C(=O)Nc2ccc(N3CCCCC3)cc2)n(N)c1=O. The Morgan fingerprint density at radius 3 is 2.52 bits per heavy atom. The molecule has 1 saturated heterocycles. The van der Waals surface area contributed by atoms with E-state index < -0.39 is 10.8 Å². The van der Waals surface area contributed by atoms with E-state index in [1.54, 1.807) is 6.92 Å². The van der Waals surface area contributed by atoms with Crippen LogP contribution in [0.5, 0.6) is 0 Å². The first-order valence-electron chi connectivity index (χ1n) is 8.99. The Hall–Kier alpha value is -2.55. The molecular weight excluding hydrogens is 364 g/mol. The van der Waals surface area contributed by atoms with Gasteiger partial charge < -0.3 is 16.1 Å². The van der Waals surface area contributed by atoms with Crippen LogP contribution in [0.3, 0.4) is 0 Å². The molecule has 0 radical (unpaired) electrons. The van der Waals surface area contributed by atoms with Crippen molar-refractivity contribution in [1.82, 2.24) is 14.9 Å². The van der Waals surface area contributed by atoms with Crippen LogP contribution < -0.4 is 21.6 Å². The Balaban J connectivity index is 1.61. The summed E-state index contributed by atoms with van der Waals surface area (Å²) in [6, 6.07) is 7.87. The van der Waals surface area contributed by atoms with Crippen molar-refractivity contribution in [2.24, 2.45) is 0 Å². The minimum absolute atomic E-state index is 0.194. The van der Waals surface area contributed by atoms with Gasteiger partial charge in [-0.05, 0) is 57.4 Å². The summed E-state index contributed by atoms with van der Waals surface area (Å²) in [5.74, 6) is 5.52. The summed E-state index contributed by atoms with van der Waals surface area (Å²) in [7, 11) is 0. The van der Waals surface area contributed by atoms with Crippen LogP contribution in [0.4, 0.5) is 11.4 Å². The van der Waals surface area contributed by atoms with E-state index in [4.69, 9.17) is 5.84 Å². The molecule has 0 unspecified atom stereocenters. The molecule has 1 aromatic carbocycles. The average Bonchev–Trinajstić information content (AvgIpc) is 2.69. The number of carbonyl (C=O) groups is 1. The highest BCUT2D eigenvalue weighted by atomic mass is 32.2. The fraction of sp³-hybridized carbons (Fsp3) is 0.444. The molecule has 1 aliphatic heterocycles. The Morgan fingerprint density at radius 1 is 1.19 bits per heavy atom. The summed E-state index contributed by atoms with van der Waals surface area (Å²) >= 11 is 1.09. The average molecular weight is 388 g/mol. The molecule has 1 amide bonds. The molecule has 9 heteroatoms. The number of nitrogens with one attached hydrogen (secondary N) is 1. The molecule has 8 nitrogen and oxygen atoms in total. The van der Waals surface area contributed by atoms with Crippen molar-refractivity contribution in [3.8, 4) is 0 Å². The third kappa shape index (κ3) is 4.60. The third-order valence-corrected chi connectivity index (χ3v) is 5.58. The van der Waals surface area contributed by atoms with Crippen LogP contribution in [-0.2, 0) is 4.79 Å². The van der Waals surface area contributed by atoms with Crippen LogP contribution in [0.1, 0.15) is 31.9 Å². The number of hydrogen-bond acceptors (Lipinski definition) is 7. The molecule has 3 rings (SSSR count). The minimum Gasteiger partial charge on any atom is -0.372 e. The lowest BCUT2D eigenvalue weighted by Crippen LogP contribution is -2.33. The molecule has 1 fully saturated rings. The third-order valence-electron chi connectivity index (χ3n) is 4.53. The fourth-order valence-electron chi connectivity index (χ4n) is 2.91. The van der Waals surface area contributed by atoms with Crippen molar-refractivity contribution >= 4 is 29.0 Å². The summed E-state index contributed by atoms with van der Waals surface area (Å²) in [5.41, 5.74) is 1.70. The Morgan fingerprint density at radius 2 is 1.85 bits per heavy atom. The number of aryl methyl sites for hydroxylation is 1. The molecule has 0 saturated carbocycles. The number of nitrogens with zero attached hydrogens (tertiary/aromatic N) is 4. The van der Waals surface area contributed by atoms with E-state index in [-0.39, 0.29) is 16.8 Å². The van der Waals surface area contributed by atoms with E-state index in [1.807, 2.05) is 24.3 Å². The molecule has 2 heterocycles. The summed E-state index contributed by atoms with van der Waals surface area (Å²) in [5, 5.41) is 10.3. The second kappa shape index (κ2) is 8.43. The zero-order valence-corrected chi connectivity index (χ0v) is 16.3. The second-order valence-electron chi connectivity index (χ2n) is 6.59. The molecule has 0 aliphatic carbocycles. The van der Waals surface area contributed by atoms with Crippen LogP contribution in [0.15, 0.2) is 34.2 Å². The number of thioether (sulfide) groups is 1. The molecule has 1 atom stereocenters. The predicted octanol–water partition coefficient (Wildman–Crippen LogP) is 1.77. The highest BCUT2D eigenvalue weighted by molar-refractivity contribution is 8.00. The highest BCUT2D eigenvalue weighted by Gasteiger charge is 2.19. The van der Waals surface area contributed by atoms with Crippen molar-refractivity contribution in [2.75, 3.05) is 29.1 Å². The van der Waals surface area contributed by atoms with E-state index in [1.165, 1.54) is 31.9 Å². The van der Waals surface area contributed by atoms with E-state index in [9.17, 15) is 9.59 Å². The van der Waals surface area contributed by atoms with Crippen LogP contribution >= 0.6 is 11.8 Å². The molecule has 1 aromatic heterocycles. The molecule has 144 valence electrons. The predicted molar refractivity (Wildman–Crippen MR) is 108 cm³/mol. The van der Waals surface area contributed by atoms with Gasteiger partial charge in [0.05, 0.1) is 5.25 Å². The highest BCUT2D eigenvalue weighted by Crippen LogP contribution is 2.23. The molecule has 2 aromatic rings. The van der Waals surface area contributed by atoms with Crippen LogP contribution in [0.25, 0.3) is 0 Å². The van der Waals surface area contributed by atoms with Gasteiger partial charge in [-0.3, -0.25) is 9.59 Å². The van der Waals surface area contributed by atoms with Gasteiger partial charge in [0, 0.05) is 24.5 Å². The summed E-state index contributed by atoms with van der Waals surface area (Å²) in [4.78, 5) is 26.6. The van der Waals surface area contributed by atoms with Crippen LogP contribution in [0.2, 0.25) is 0 Å². The zero-order valence-electron chi connectivity index (χ0n) is 15.5. The van der Waals surface area contributed by atoms with Crippen LogP contribution in [-0.4, -0.2) is 39.1 Å². The number of nitrogen functional groups attached to an aromatic ring is 1. The lowest BCUT2D eigenvalue weighted by atomic mass is 10.1. The maximum absolute atomic E-state index is 12.4. The van der Waals surface area contributed by atoms with Gasteiger partial charge in [0.1, 0.15) is 5.69 Å². The van der Waals surface area contributed by atoms with Crippen molar-refractivity contribution in [3.63, 3.8) is 0 Å².